The quantitative estimate of drug-likeness (QED) is 0.796. The number of hydrogen-bond acceptors (Lipinski definition) is 3. The maximum absolute atomic E-state index is 6.03. The van der Waals surface area contributed by atoms with Gasteiger partial charge >= 0.3 is 0 Å². The minimum absolute atomic E-state index is 0.316. The molecule has 16 heavy (non-hydrogen) atoms. The highest BCUT2D eigenvalue weighted by molar-refractivity contribution is 6.43. The molecule has 3 nitrogen and oxygen atoms in total. The first kappa shape index (κ1) is 12.0. The summed E-state index contributed by atoms with van der Waals surface area (Å²) in [6.45, 7) is 1.28. The van der Waals surface area contributed by atoms with E-state index in [1.807, 2.05) is 0 Å². The Hall–Kier alpha value is -0.510. The van der Waals surface area contributed by atoms with Crippen LogP contribution < -0.4 is 14.2 Å². The highest BCUT2D eigenvalue weighted by Crippen LogP contribution is 2.47. The molecular weight excluding hydrogens is 274 g/mol. The van der Waals surface area contributed by atoms with Gasteiger partial charge < -0.3 is 14.2 Å². The zero-order chi connectivity index (χ0) is 11.5. The van der Waals surface area contributed by atoms with E-state index in [1.54, 1.807) is 6.07 Å². The molecule has 0 spiro atoms. The molecule has 2 rings (SSSR count). The van der Waals surface area contributed by atoms with Crippen LogP contribution in [0.3, 0.4) is 0 Å². The van der Waals surface area contributed by atoms with Crippen molar-refractivity contribution < 1.29 is 14.2 Å². The Bertz CT molecular complexity index is 395. The van der Waals surface area contributed by atoms with E-state index in [2.05, 4.69) is 0 Å². The first-order chi connectivity index (χ1) is 7.74. The lowest BCUT2D eigenvalue weighted by molar-refractivity contribution is 0.163. The SMILES string of the molecule is ClCCOc1c(Cl)c(Cl)cc2c1OCCO2. The van der Waals surface area contributed by atoms with Gasteiger partial charge in [-0.1, -0.05) is 23.2 Å². The third-order valence-electron chi connectivity index (χ3n) is 2.01. The maximum Gasteiger partial charge on any atom is 0.205 e. The van der Waals surface area contributed by atoms with Crippen molar-refractivity contribution in [2.24, 2.45) is 0 Å². The molecule has 1 heterocycles. The highest BCUT2D eigenvalue weighted by Gasteiger charge is 2.22. The fourth-order valence-corrected chi connectivity index (χ4v) is 1.83. The summed E-state index contributed by atoms with van der Waals surface area (Å²) in [5.41, 5.74) is 0. The molecule has 1 aliphatic rings. The molecule has 0 saturated heterocycles. The Morgan fingerprint density at radius 1 is 1.25 bits per heavy atom. The molecule has 0 aromatic heterocycles. The number of rotatable bonds is 3. The Kier molecular flexibility index (Phi) is 3.90. The van der Waals surface area contributed by atoms with Crippen molar-refractivity contribution in [2.75, 3.05) is 25.7 Å². The predicted molar refractivity (Wildman–Crippen MR) is 63.7 cm³/mol. The molecule has 0 aliphatic carbocycles. The van der Waals surface area contributed by atoms with Crippen LogP contribution in [0.1, 0.15) is 0 Å². The smallest absolute Gasteiger partial charge is 0.205 e. The lowest BCUT2D eigenvalue weighted by atomic mass is 10.2. The lowest BCUT2D eigenvalue weighted by Gasteiger charge is -2.22. The summed E-state index contributed by atoms with van der Waals surface area (Å²) in [6, 6.07) is 1.62. The molecule has 1 aromatic rings. The number of benzene rings is 1. The second kappa shape index (κ2) is 5.21. The van der Waals surface area contributed by atoms with Gasteiger partial charge in [0.2, 0.25) is 5.75 Å². The molecule has 0 saturated carbocycles. The van der Waals surface area contributed by atoms with Crippen molar-refractivity contribution in [3.63, 3.8) is 0 Å². The molecule has 0 atom stereocenters. The summed E-state index contributed by atoms with van der Waals surface area (Å²) in [5.74, 6) is 1.79. The molecule has 1 aromatic carbocycles. The molecule has 0 radical (unpaired) electrons. The van der Waals surface area contributed by atoms with Crippen LogP contribution in [0, 0.1) is 0 Å². The largest absolute Gasteiger partial charge is 0.487 e. The fraction of sp³-hybridized carbons (Fsp3) is 0.400. The van der Waals surface area contributed by atoms with Crippen LogP contribution in [0.4, 0.5) is 0 Å². The average molecular weight is 284 g/mol. The summed E-state index contributed by atoms with van der Waals surface area (Å²) in [7, 11) is 0. The van der Waals surface area contributed by atoms with Gasteiger partial charge in [-0.3, -0.25) is 0 Å². The Morgan fingerprint density at radius 3 is 2.75 bits per heavy atom. The molecule has 0 unspecified atom stereocenters. The molecule has 0 amide bonds. The maximum atomic E-state index is 6.03. The van der Waals surface area contributed by atoms with Gasteiger partial charge in [0.25, 0.3) is 0 Å². The van der Waals surface area contributed by atoms with Crippen molar-refractivity contribution in [2.45, 2.75) is 0 Å². The second-order valence-corrected chi connectivity index (χ2v) is 4.23. The van der Waals surface area contributed by atoms with Gasteiger partial charge in [-0.15, -0.1) is 11.6 Å². The molecule has 0 fully saturated rings. The molecule has 1 aliphatic heterocycles. The van der Waals surface area contributed by atoms with E-state index in [4.69, 9.17) is 49.0 Å². The molecule has 0 bridgehead atoms. The summed E-state index contributed by atoms with van der Waals surface area (Å²) in [6.07, 6.45) is 0. The number of hydrogen-bond donors (Lipinski definition) is 0. The topological polar surface area (TPSA) is 27.7 Å². The van der Waals surface area contributed by atoms with Crippen molar-refractivity contribution in [3.05, 3.63) is 16.1 Å². The first-order valence-electron chi connectivity index (χ1n) is 4.70. The second-order valence-electron chi connectivity index (χ2n) is 3.06. The zero-order valence-corrected chi connectivity index (χ0v) is 10.5. The Balaban J connectivity index is 2.41. The van der Waals surface area contributed by atoms with Crippen LogP contribution in [0.2, 0.25) is 10.0 Å². The van der Waals surface area contributed by atoms with Gasteiger partial charge in [0.15, 0.2) is 11.5 Å². The van der Waals surface area contributed by atoms with Gasteiger partial charge in [0, 0.05) is 6.07 Å². The van der Waals surface area contributed by atoms with Gasteiger partial charge in [0.05, 0.1) is 10.9 Å². The highest BCUT2D eigenvalue weighted by atomic mass is 35.5. The minimum atomic E-state index is 0.316. The third kappa shape index (κ3) is 2.26. The van der Waals surface area contributed by atoms with Crippen molar-refractivity contribution in [1.29, 1.82) is 0 Å². The van der Waals surface area contributed by atoms with Gasteiger partial charge in [-0.05, 0) is 0 Å². The van der Waals surface area contributed by atoms with Gasteiger partial charge in [-0.25, -0.2) is 0 Å². The van der Waals surface area contributed by atoms with Crippen molar-refractivity contribution >= 4 is 34.8 Å². The number of ether oxygens (including phenoxy) is 3. The third-order valence-corrected chi connectivity index (χ3v) is 2.93. The van der Waals surface area contributed by atoms with Crippen LogP contribution in [0.5, 0.6) is 17.2 Å². The standard InChI is InChI=1S/C10H9Cl3O3/c11-1-2-15-10-8(13)6(12)5-7-9(10)16-4-3-14-7/h5H,1-4H2. The Morgan fingerprint density at radius 2 is 2.00 bits per heavy atom. The van der Waals surface area contributed by atoms with Crippen LogP contribution in [0.25, 0.3) is 0 Å². The van der Waals surface area contributed by atoms with E-state index >= 15 is 0 Å². The van der Waals surface area contributed by atoms with E-state index < -0.39 is 0 Å². The summed E-state index contributed by atoms with van der Waals surface area (Å²) < 4.78 is 16.3. The van der Waals surface area contributed by atoms with E-state index in [9.17, 15) is 0 Å². The number of alkyl halides is 1. The minimum Gasteiger partial charge on any atom is -0.487 e. The summed E-state index contributed by atoms with van der Waals surface area (Å²) in [4.78, 5) is 0. The zero-order valence-electron chi connectivity index (χ0n) is 8.26. The lowest BCUT2D eigenvalue weighted by Crippen LogP contribution is -2.16. The van der Waals surface area contributed by atoms with Crippen molar-refractivity contribution in [1.82, 2.24) is 0 Å². The summed E-state index contributed by atoms with van der Waals surface area (Å²) in [5, 5.41) is 0.687. The normalized spacial score (nSPS) is 13.7. The van der Waals surface area contributed by atoms with Crippen LogP contribution >= 0.6 is 34.8 Å². The number of fused-ring (bicyclic) bond motifs is 1. The predicted octanol–water partition coefficient (Wildman–Crippen LogP) is 3.38. The molecule has 0 N–H and O–H groups in total. The van der Waals surface area contributed by atoms with E-state index in [-0.39, 0.29) is 0 Å². The monoisotopic (exact) mass is 282 g/mol. The van der Waals surface area contributed by atoms with E-state index in [1.165, 1.54) is 0 Å². The molecular formula is C10H9Cl3O3. The molecule has 6 heteroatoms. The average Bonchev–Trinajstić information content (AvgIpc) is 2.30. The fourth-order valence-electron chi connectivity index (χ4n) is 1.37. The first-order valence-corrected chi connectivity index (χ1v) is 5.99. The van der Waals surface area contributed by atoms with Crippen LogP contribution in [-0.2, 0) is 0 Å². The van der Waals surface area contributed by atoms with E-state index in [0.717, 1.165) is 0 Å². The summed E-state index contributed by atoms with van der Waals surface area (Å²) >= 11 is 17.5. The van der Waals surface area contributed by atoms with E-state index in [0.29, 0.717) is 53.0 Å². The Labute approximate surface area is 108 Å². The van der Waals surface area contributed by atoms with Gasteiger partial charge in [0.1, 0.15) is 24.8 Å². The van der Waals surface area contributed by atoms with Crippen molar-refractivity contribution in [3.8, 4) is 17.2 Å². The molecule has 88 valence electrons. The number of halogens is 3. The van der Waals surface area contributed by atoms with Gasteiger partial charge in [-0.2, -0.15) is 0 Å². The van der Waals surface area contributed by atoms with Crippen LogP contribution in [-0.4, -0.2) is 25.7 Å². The van der Waals surface area contributed by atoms with Crippen LogP contribution in [0.15, 0.2) is 6.07 Å².